The molecule has 1 rings (SSSR count). The number of carbonyl (C=O) groups excluding carboxylic acids is 1. The number of thiocarbonyl (C=S) groups is 1. The number of hydrogen-bond donors (Lipinski definition) is 2. The van der Waals surface area contributed by atoms with Crippen molar-refractivity contribution in [3.8, 4) is 0 Å². The van der Waals surface area contributed by atoms with Crippen LogP contribution >= 0.6 is 12.2 Å². The maximum Gasteiger partial charge on any atom is 0.251 e. The SMILES string of the molecule is CC(C)CNC(=O)c1cccc(C(N)=S)c1. The molecule has 0 spiro atoms. The second-order valence-corrected chi connectivity index (χ2v) is 4.49. The summed E-state index contributed by atoms with van der Waals surface area (Å²) in [7, 11) is 0. The standard InChI is InChI=1S/C12H16N2OS/c1-8(2)7-14-12(15)10-5-3-4-9(6-10)11(13)16/h3-6,8H,7H2,1-2H3,(H2,13,16)(H,14,15). The van der Waals surface area contributed by atoms with Gasteiger partial charge in [0.05, 0.1) is 0 Å². The van der Waals surface area contributed by atoms with Crippen molar-refractivity contribution in [2.75, 3.05) is 6.54 Å². The highest BCUT2D eigenvalue weighted by Crippen LogP contribution is 2.05. The molecule has 0 aliphatic carbocycles. The highest BCUT2D eigenvalue weighted by Gasteiger charge is 2.07. The Morgan fingerprint density at radius 3 is 2.62 bits per heavy atom. The van der Waals surface area contributed by atoms with Gasteiger partial charge in [0.15, 0.2) is 0 Å². The molecular formula is C12H16N2OS. The highest BCUT2D eigenvalue weighted by atomic mass is 32.1. The van der Waals surface area contributed by atoms with Gasteiger partial charge in [0.2, 0.25) is 0 Å². The van der Waals surface area contributed by atoms with Crippen molar-refractivity contribution in [2.45, 2.75) is 13.8 Å². The Bertz CT molecular complexity index is 402. The number of amides is 1. The zero-order valence-corrected chi connectivity index (χ0v) is 10.3. The first-order valence-electron chi connectivity index (χ1n) is 5.18. The van der Waals surface area contributed by atoms with Crippen molar-refractivity contribution in [1.82, 2.24) is 5.32 Å². The van der Waals surface area contributed by atoms with E-state index in [0.717, 1.165) is 0 Å². The Kier molecular flexibility index (Phi) is 4.43. The molecule has 3 nitrogen and oxygen atoms in total. The second-order valence-electron chi connectivity index (χ2n) is 4.05. The van der Waals surface area contributed by atoms with E-state index in [1.165, 1.54) is 0 Å². The van der Waals surface area contributed by atoms with E-state index < -0.39 is 0 Å². The Hall–Kier alpha value is -1.42. The van der Waals surface area contributed by atoms with Crippen molar-refractivity contribution < 1.29 is 4.79 Å². The van der Waals surface area contributed by atoms with Crippen LogP contribution in [0.5, 0.6) is 0 Å². The molecule has 0 fully saturated rings. The second kappa shape index (κ2) is 5.61. The first-order chi connectivity index (χ1) is 7.50. The van der Waals surface area contributed by atoms with Gasteiger partial charge in [-0.05, 0) is 18.1 Å². The fraction of sp³-hybridized carbons (Fsp3) is 0.333. The smallest absolute Gasteiger partial charge is 0.251 e. The molecule has 1 aromatic rings. The van der Waals surface area contributed by atoms with Gasteiger partial charge in [-0.2, -0.15) is 0 Å². The fourth-order valence-electron chi connectivity index (χ4n) is 1.21. The molecule has 86 valence electrons. The summed E-state index contributed by atoms with van der Waals surface area (Å²) in [6.45, 7) is 4.76. The summed E-state index contributed by atoms with van der Waals surface area (Å²) < 4.78 is 0. The van der Waals surface area contributed by atoms with E-state index in [9.17, 15) is 4.79 Å². The van der Waals surface area contributed by atoms with Gasteiger partial charge in [0, 0.05) is 17.7 Å². The van der Waals surface area contributed by atoms with Gasteiger partial charge in [-0.15, -0.1) is 0 Å². The van der Waals surface area contributed by atoms with Crippen LogP contribution < -0.4 is 11.1 Å². The summed E-state index contributed by atoms with van der Waals surface area (Å²) in [4.78, 5) is 12.0. The molecule has 0 bridgehead atoms. The number of carbonyl (C=O) groups is 1. The van der Waals surface area contributed by atoms with Crippen molar-refractivity contribution in [3.05, 3.63) is 35.4 Å². The van der Waals surface area contributed by atoms with Crippen LogP contribution in [0.2, 0.25) is 0 Å². The molecule has 4 heteroatoms. The van der Waals surface area contributed by atoms with Crippen LogP contribution in [0.1, 0.15) is 29.8 Å². The van der Waals surface area contributed by atoms with E-state index >= 15 is 0 Å². The molecule has 3 N–H and O–H groups in total. The van der Waals surface area contributed by atoms with E-state index in [1.54, 1.807) is 24.3 Å². The normalized spacial score (nSPS) is 10.2. The van der Waals surface area contributed by atoms with Crippen molar-refractivity contribution in [3.63, 3.8) is 0 Å². The first-order valence-corrected chi connectivity index (χ1v) is 5.59. The molecule has 0 aliphatic heterocycles. The van der Waals surface area contributed by atoms with Gasteiger partial charge in [0.25, 0.3) is 5.91 Å². The maximum atomic E-state index is 11.7. The zero-order chi connectivity index (χ0) is 12.1. The van der Waals surface area contributed by atoms with E-state index in [0.29, 0.717) is 28.6 Å². The van der Waals surface area contributed by atoms with Gasteiger partial charge in [-0.3, -0.25) is 4.79 Å². The lowest BCUT2D eigenvalue weighted by atomic mass is 10.1. The molecule has 1 aromatic carbocycles. The molecule has 0 unspecified atom stereocenters. The van der Waals surface area contributed by atoms with Crippen molar-refractivity contribution in [1.29, 1.82) is 0 Å². The molecule has 0 aromatic heterocycles. The number of nitrogens with one attached hydrogen (secondary N) is 1. The largest absolute Gasteiger partial charge is 0.389 e. The fourth-order valence-corrected chi connectivity index (χ4v) is 1.34. The van der Waals surface area contributed by atoms with Gasteiger partial charge < -0.3 is 11.1 Å². The lowest BCUT2D eigenvalue weighted by molar-refractivity contribution is 0.0949. The van der Waals surface area contributed by atoms with Crippen LogP contribution in [0.15, 0.2) is 24.3 Å². The summed E-state index contributed by atoms with van der Waals surface area (Å²) in [5.74, 6) is 0.342. The third kappa shape index (κ3) is 3.62. The van der Waals surface area contributed by atoms with Gasteiger partial charge in [-0.25, -0.2) is 0 Å². The predicted octanol–water partition coefficient (Wildman–Crippen LogP) is 1.71. The average molecular weight is 236 g/mol. The minimum Gasteiger partial charge on any atom is -0.389 e. The molecule has 0 aliphatic rings. The monoisotopic (exact) mass is 236 g/mol. The van der Waals surface area contributed by atoms with Crippen LogP contribution in [0.25, 0.3) is 0 Å². The molecule has 0 saturated carbocycles. The third-order valence-corrected chi connectivity index (χ3v) is 2.32. The Balaban J connectivity index is 2.76. The Labute approximate surface area is 101 Å². The van der Waals surface area contributed by atoms with Gasteiger partial charge in [0.1, 0.15) is 4.99 Å². The van der Waals surface area contributed by atoms with Crippen LogP contribution in [0, 0.1) is 5.92 Å². The maximum absolute atomic E-state index is 11.7. The lowest BCUT2D eigenvalue weighted by Crippen LogP contribution is -2.27. The molecular weight excluding hydrogens is 220 g/mol. The molecule has 0 radical (unpaired) electrons. The average Bonchev–Trinajstić information content (AvgIpc) is 2.26. The van der Waals surface area contributed by atoms with Crippen molar-refractivity contribution in [2.24, 2.45) is 11.7 Å². The van der Waals surface area contributed by atoms with E-state index in [1.807, 2.05) is 13.8 Å². The van der Waals surface area contributed by atoms with E-state index in [4.69, 9.17) is 18.0 Å². The number of hydrogen-bond acceptors (Lipinski definition) is 2. The minimum atomic E-state index is -0.0909. The molecule has 0 atom stereocenters. The predicted molar refractivity (Wildman–Crippen MR) is 69.5 cm³/mol. The highest BCUT2D eigenvalue weighted by molar-refractivity contribution is 7.80. The lowest BCUT2D eigenvalue weighted by Gasteiger charge is -2.08. The van der Waals surface area contributed by atoms with Crippen LogP contribution in [-0.2, 0) is 0 Å². The number of nitrogens with two attached hydrogens (primary N) is 1. The summed E-state index contributed by atoms with van der Waals surface area (Å²) in [6.07, 6.45) is 0. The molecule has 16 heavy (non-hydrogen) atoms. The third-order valence-electron chi connectivity index (χ3n) is 2.08. The number of rotatable bonds is 4. The van der Waals surface area contributed by atoms with Gasteiger partial charge in [-0.1, -0.05) is 38.2 Å². The molecule has 0 heterocycles. The molecule has 0 saturated heterocycles. The van der Waals surface area contributed by atoms with E-state index in [2.05, 4.69) is 5.32 Å². The summed E-state index contributed by atoms with van der Waals surface area (Å²) in [5, 5.41) is 2.84. The number of benzene rings is 1. The van der Waals surface area contributed by atoms with Crippen LogP contribution in [-0.4, -0.2) is 17.4 Å². The van der Waals surface area contributed by atoms with E-state index in [-0.39, 0.29) is 5.91 Å². The van der Waals surface area contributed by atoms with Crippen LogP contribution in [0.4, 0.5) is 0 Å². The zero-order valence-electron chi connectivity index (χ0n) is 9.49. The van der Waals surface area contributed by atoms with Crippen molar-refractivity contribution >= 4 is 23.1 Å². The minimum absolute atomic E-state index is 0.0909. The Morgan fingerprint density at radius 2 is 2.06 bits per heavy atom. The van der Waals surface area contributed by atoms with Gasteiger partial charge >= 0.3 is 0 Å². The summed E-state index contributed by atoms with van der Waals surface area (Å²) >= 11 is 4.86. The quantitative estimate of drug-likeness (QED) is 0.782. The summed E-state index contributed by atoms with van der Waals surface area (Å²) in [5.41, 5.74) is 6.81. The Morgan fingerprint density at radius 1 is 1.44 bits per heavy atom. The first kappa shape index (κ1) is 12.6. The topological polar surface area (TPSA) is 55.1 Å². The molecule has 1 amide bonds. The van der Waals surface area contributed by atoms with Crippen LogP contribution in [0.3, 0.4) is 0 Å². The summed E-state index contributed by atoms with van der Waals surface area (Å²) in [6, 6.07) is 7.02.